The van der Waals surface area contributed by atoms with E-state index < -0.39 is 10.0 Å². The summed E-state index contributed by atoms with van der Waals surface area (Å²) in [7, 11) is -2.41. The molecule has 0 amide bonds. The third-order valence-corrected chi connectivity index (χ3v) is 4.92. The fraction of sp³-hybridized carbons (Fsp3) is 0.235. The lowest BCUT2D eigenvalue weighted by atomic mass is 10.2. The highest BCUT2D eigenvalue weighted by Gasteiger charge is 2.17. The third kappa shape index (κ3) is 4.56. The number of sulfonamides is 1. The molecule has 25 heavy (non-hydrogen) atoms. The Hall–Kier alpha value is -2.43. The Morgan fingerprint density at radius 2 is 1.92 bits per heavy atom. The Kier molecular flexibility index (Phi) is 6.12. The molecule has 0 aliphatic rings. The summed E-state index contributed by atoms with van der Waals surface area (Å²) in [4.78, 5) is -0.0418. The van der Waals surface area contributed by atoms with Crippen LogP contribution in [0.2, 0.25) is 5.02 Å². The van der Waals surface area contributed by atoms with Crippen molar-refractivity contribution in [2.75, 3.05) is 18.4 Å². The molecule has 8 heteroatoms. The number of anilines is 1. The Morgan fingerprint density at radius 1 is 1.20 bits per heavy atom. The summed E-state index contributed by atoms with van der Waals surface area (Å²) in [6, 6.07) is 10.6. The average Bonchev–Trinajstić information content (AvgIpc) is 2.59. The molecule has 0 heterocycles. The number of benzene rings is 2. The van der Waals surface area contributed by atoms with Crippen LogP contribution >= 0.6 is 11.6 Å². The van der Waals surface area contributed by atoms with Crippen LogP contribution in [0.3, 0.4) is 0 Å². The van der Waals surface area contributed by atoms with Gasteiger partial charge in [0.1, 0.15) is 17.6 Å². The van der Waals surface area contributed by atoms with Crippen molar-refractivity contribution in [2.45, 2.75) is 18.2 Å². The molecule has 2 rings (SSSR count). The summed E-state index contributed by atoms with van der Waals surface area (Å²) in [5.74, 6) is 0.796. The van der Waals surface area contributed by atoms with Crippen LogP contribution in [-0.2, 0) is 10.0 Å². The maximum atomic E-state index is 12.5. The highest BCUT2D eigenvalue weighted by Crippen LogP contribution is 2.29. The first-order valence-electron chi connectivity index (χ1n) is 7.44. The SMILES string of the molecule is CCCOc1ccc(S(=O)(=O)Nc2ccc(OC)c(Cl)c2)cc1C#N. The van der Waals surface area contributed by atoms with Gasteiger partial charge in [0.15, 0.2) is 0 Å². The van der Waals surface area contributed by atoms with Crippen molar-refractivity contribution in [3.63, 3.8) is 0 Å². The van der Waals surface area contributed by atoms with Gasteiger partial charge in [-0.15, -0.1) is 0 Å². The summed E-state index contributed by atoms with van der Waals surface area (Å²) in [6.45, 7) is 2.39. The Balaban J connectivity index is 2.30. The zero-order chi connectivity index (χ0) is 18.4. The lowest BCUT2D eigenvalue weighted by molar-refractivity contribution is 0.316. The Bertz CT molecular complexity index is 907. The number of nitrogens with one attached hydrogen (secondary N) is 1. The van der Waals surface area contributed by atoms with E-state index in [0.29, 0.717) is 18.1 Å². The molecule has 0 bridgehead atoms. The van der Waals surface area contributed by atoms with Crippen molar-refractivity contribution in [1.82, 2.24) is 0 Å². The molecule has 0 radical (unpaired) electrons. The lowest BCUT2D eigenvalue weighted by Crippen LogP contribution is -2.13. The molecule has 0 saturated carbocycles. The van der Waals surface area contributed by atoms with Gasteiger partial charge in [-0.05, 0) is 42.8 Å². The van der Waals surface area contributed by atoms with E-state index in [1.807, 2.05) is 13.0 Å². The highest BCUT2D eigenvalue weighted by atomic mass is 35.5. The van der Waals surface area contributed by atoms with Gasteiger partial charge in [-0.25, -0.2) is 8.42 Å². The normalized spacial score (nSPS) is 10.8. The highest BCUT2D eigenvalue weighted by molar-refractivity contribution is 7.92. The zero-order valence-corrected chi connectivity index (χ0v) is 15.3. The Morgan fingerprint density at radius 3 is 2.52 bits per heavy atom. The van der Waals surface area contributed by atoms with E-state index in [9.17, 15) is 13.7 Å². The number of methoxy groups -OCH3 is 1. The van der Waals surface area contributed by atoms with Crippen LogP contribution in [-0.4, -0.2) is 22.1 Å². The minimum absolute atomic E-state index is 0.0418. The second-order valence-corrected chi connectivity index (χ2v) is 7.16. The first kappa shape index (κ1) is 18.9. The van der Waals surface area contributed by atoms with Gasteiger partial charge in [-0.3, -0.25) is 4.72 Å². The topological polar surface area (TPSA) is 88.4 Å². The summed E-state index contributed by atoms with van der Waals surface area (Å²) in [6.07, 6.45) is 0.782. The van der Waals surface area contributed by atoms with E-state index in [0.717, 1.165) is 6.42 Å². The summed E-state index contributed by atoms with van der Waals surface area (Å²) < 4.78 is 37.9. The van der Waals surface area contributed by atoms with Crippen LogP contribution in [0.4, 0.5) is 5.69 Å². The van der Waals surface area contributed by atoms with Crippen LogP contribution in [0.15, 0.2) is 41.3 Å². The van der Waals surface area contributed by atoms with E-state index in [4.69, 9.17) is 21.1 Å². The maximum Gasteiger partial charge on any atom is 0.261 e. The minimum Gasteiger partial charge on any atom is -0.495 e. The summed E-state index contributed by atoms with van der Waals surface area (Å²) in [5.41, 5.74) is 0.444. The third-order valence-electron chi connectivity index (χ3n) is 3.25. The monoisotopic (exact) mass is 380 g/mol. The molecule has 0 atom stereocenters. The van der Waals surface area contributed by atoms with Gasteiger partial charge in [0.05, 0.1) is 34.9 Å². The standard InChI is InChI=1S/C17H17ClN2O4S/c1-3-8-24-16-7-5-14(9-12(16)11-19)25(21,22)20-13-4-6-17(23-2)15(18)10-13/h4-7,9-10,20H,3,8H2,1-2H3. The van der Waals surface area contributed by atoms with Crippen LogP contribution in [0.5, 0.6) is 11.5 Å². The van der Waals surface area contributed by atoms with Gasteiger partial charge in [0, 0.05) is 0 Å². The second-order valence-electron chi connectivity index (χ2n) is 5.07. The summed E-state index contributed by atoms with van der Waals surface area (Å²) >= 11 is 6.00. The van der Waals surface area contributed by atoms with Crippen LogP contribution in [0.1, 0.15) is 18.9 Å². The van der Waals surface area contributed by atoms with Crippen molar-refractivity contribution < 1.29 is 17.9 Å². The quantitative estimate of drug-likeness (QED) is 0.788. The molecule has 0 unspecified atom stereocenters. The van der Waals surface area contributed by atoms with Crippen LogP contribution < -0.4 is 14.2 Å². The molecular formula is C17H17ClN2O4S. The number of hydrogen-bond donors (Lipinski definition) is 1. The maximum absolute atomic E-state index is 12.5. The molecule has 0 aliphatic heterocycles. The van der Waals surface area contributed by atoms with E-state index in [1.54, 1.807) is 6.07 Å². The van der Waals surface area contributed by atoms with Crippen molar-refractivity contribution in [1.29, 1.82) is 5.26 Å². The number of halogens is 1. The Labute approximate surface area is 152 Å². The largest absolute Gasteiger partial charge is 0.495 e. The number of rotatable bonds is 7. The predicted octanol–water partition coefficient (Wildman–Crippen LogP) is 3.81. The fourth-order valence-corrected chi connectivity index (χ4v) is 3.38. The van der Waals surface area contributed by atoms with Gasteiger partial charge in [-0.1, -0.05) is 18.5 Å². The van der Waals surface area contributed by atoms with Crippen LogP contribution in [0, 0.1) is 11.3 Å². The molecule has 0 aromatic heterocycles. The predicted molar refractivity (Wildman–Crippen MR) is 95.8 cm³/mol. The first-order chi connectivity index (χ1) is 11.9. The number of nitrogens with zero attached hydrogens (tertiary/aromatic N) is 1. The molecule has 2 aromatic rings. The van der Waals surface area contributed by atoms with Gasteiger partial charge in [0.2, 0.25) is 0 Å². The van der Waals surface area contributed by atoms with Crippen molar-refractivity contribution in [3.05, 3.63) is 47.0 Å². The molecule has 6 nitrogen and oxygen atoms in total. The van der Waals surface area contributed by atoms with E-state index in [2.05, 4.69) is 4.72 Å². The van der Waals surface area contributed by atoms with Crippen molar-refractivity contribution >= 4 is 27.3 Å². The second kappa shape index (κ2) is 8.10. The smallest absolute Gasteiger partial charge is 0.261 e. The number of hydrogen-bond acceptors (Lipinski definition) is 5. The van der Waals surface area contributed by atoms with Gasteiger partial charge in [0.25, 0.3) is 10.0 Å². The summed E-state index contributed by atoms with van der Waals surface area (Å²) in [5, 5.41) is 9.50. The average molecular weight is 381 g/mol. The van der Waals surface area contributed by atoms with E-state index in [1.165, 1.54) is 37.4 Å². The minimum atomic E-state index is -3.88. The van der Waals surface area contributed by atoms with E-state index in [-0.39, 0.29) is 21.2 Å². The molecule has 2 aromatic carbocycles. The lowest BCUT2D eigenvalue weighted by Gasteiger charge is -2.12. The molecule has 0 saturated heterocycles. The zero-order valence-electron chi connectivity index (χ0n) is 13.7. The molecule has 132 valence electrons. The van der Waals surface area contributed by atoms with Gasteiger partial charge < -0.3 is 9.47 Å². The molecule has 1 N–H and O–H groups in total. The van der Waals surface area contributed by atoms with E-state index >= 15 is 0 Å². The molecule has 0 fully saturated rings. The number of ether oxygens (including phenoxy) is 2. The first-order valence-corrected chi connectivity index (χ1v) is 9.30. The van der Waals surface area contributed by atoms with Gasteiger partial charge >= 0.3 is 0 Å². The van der Waals surface area contributed by atoms with Crippen molar-refractivity contribution in [2.24, 2.45) is 0 Å². The van der Waals surface area contributed by atoms with Crippen LogP contribution in [0.25, 0.3) is 0 Å². The molecule has 0 aliphatic carbocycles. The fourth-order valence-electron chi connectivity index (χ4n) is 2.05. The number of nitriles is 1. The molecular weight excluding hydrogens is 364 g/mol. The van der Waals surface area contributed by atoms with Gasteiger partial charge in [-0.2, -0.15) is 5.26 Å². The van der Waals surface area contributed by atoms with Crippen molar-refractivity contribution in [3.8, 4) is 17.6 Å². The molecule has 0 spiro atoms.